The van der Waals surface area contributed by atoms with E-state index in [0.29, 0.717) is 5.75 Å². The first-order valence-corrected chi connectivity index (χ1v) is 4.14. The number of aryl methyl sites for hydroxylation is 1. The van der Waals surface area contributed by atoms with Crippen molar-refractivity contribution in [3.63, 3.8) is 0 Å². The van der Waals surface area contributed by atoms with Gasteiger partial charge in [-0.15, -0.1) is 0 Å². The molecule has 0 bridgehead atoms. The maximum atomic E-state index is 9.55. The molecule has 0 unspecified atom stereocenters. The average Bonchev–Trinajstić information content (AvgIpc) is 2.04. The SMILES string of the molecule is Cc1cc(O)c2c(n1)=CCCC=2. The molecule has 0 atom stereocenters. The fourth-order valence-corrected chi connectivity index (χ4v) is 1.50. The van der Waals surface area contributed by atoms with Gasteiger partial charge in [0.1, 0.15) is 5.75 Å². The van der Waals surface area contributed by atoms with Crippen molar-refractivity contribution in [1.29, 1.82) is 0 Å². The van der Waals surface area contributed by atoms with E-state index in [-0.39, 0.29) is 0 Å². The molecular weight excluding hydrogens is 150 g/mol. The van der Waals surface area contributed by atoms with E-state index in [1.165, 1.54) is 0 Å². The first-order chi connectivity index (χ1) is 5.77. The van der Waals surface area contributed by atoms with Crippen LogP contribution in [0.1, 0.15) is 18.5 Å². The van der Waals surface area contributed by atoms with Gasteiger partial charge in [-0.2, -0.15) is 0 Å². The van der Waals surface area contributed by atoms with Gasteiger partial charge < -0.3 is 5.11 Å². The number of hydrogen-bond acceptors (Lipinski definition) is 2. The Kier molecular flexibility index (Phi) is 1.61. The molecule has 0 fully saturated rings. The predicted octanol–water partition coefficient (Wildman–Crippen LogP) is 0.450. The van der Waals surface area contributed by atoms with Crippen molar-refractivity contribution >= 4 is 12.2 Å². The van der Waals surface area contributed by atoms with E-state index in [4.69, 9.17) is 0 Å². The van der Waals surface area contributed by atoms with Crippen LogP contribution in [0, 0.1) is 6.92 Å². The molecule has 0 saturated carbocycles. The van der Waals surface area contributed by atoms with Crippen molar-refractivity contribution in [3.05, 3.63) is 22.3 Å². The van der Waals surface area contributed by atoms with Crippen LogP contribution in [0.4, 0.5) is 0 Å². The maximum Gasteiger partial charge on any atom is 0.126 e. The van der Waals surface area contributed by atoms with Crippen molar-refractivity contribution in [3.8, 4) is 5.75 Å². The molecule has 2 heteroatoms. The third-order valence-electron chi connectivity index (χ3n) is 2.05. The first-order valence-electron chi connectivity index (χ1n) is 4.14. The second kappa shape index (κ2) is 2.63. The van der Waals surface area contributed by atoms with E-state index in [0.717, 1.165) is 29.1 Å². The Bertz CT molecular complexity index is 420. The molecule has 2 rings (SSSR count). The molecule has 12 heavy (non-hydrogen) atoms. The number of fused-ring (bicyclic) bond motifs is 1. The smallest absolute Gasteiger partial charge is 0.126 e. The van der Waals surface area contributed by atoms with E-state index in [9.17, 15) is 5.11 Å². The second-order valence-electron chi connectivity index (χ2n) is 3.07. The summed E-state index contributed by atoms with van der Waals surface area (Å²) < 4.78 is 0. The highest BCUT2D eigenvalue weighted by Crippen LogP contribution is 2.02. The van der Waals surface area contributed by atoms with Crippen molar-refractivity contribution in [2.45, 2.75) is 19.8 Å². The maximum absolute atomic E-state index is 9.55. The van der Waals surface area contributed by atoms with E-state index in [1.54, 1.807) is 6.07 Å². The molecule has 0 saturated heterocycles. The molecule has 0 radical (unpaired) electrons. The van der Waals surface area contributed by atoms with Crippen molar-refractivity contribution in [2.24, 2.45) is 0 Å². The molecule has 1 N–H and O–H groups in total. The lowest BCUT2D eigenvalue weighted by Gasteiger charge is -2.02. The van der Waals surface area contributed by atoms with Crippen LogP contribution in [-0.2, 0) is 0 Å². The topological polar surface area (TPSA) is 33.1 Å². The highest BCUT2D eigenvalue weighted by atomic mass is 16.3. The molecule has 62 valence electrons. The van der Waals surface area contributed by atoms with Gasteiger partial charge in [-0.1, -0.05) is 12.2 Å². The Morgan fingerprint density at radius 2 is 2.08 bits per heavy atom. The van der Waals surface area contributed by atoms with Crippen LogP contribution in [0.25, 0.3) is 12.2 Å². The third kappa shape index (κ3) is 1.09. The summed E-state index contributed by atoms with van der Waals surface area (Å²) in [6.07, 6.45) is 6.15. The summed E-state index contributed by atoms with van der Waals surface area (Å²) in [5.74, 6) is 0.355. The van der Waals surface area contributed by atoms with Gasteiger partial charge in [-0.25, -0.2) is 0 Å². The lowest BCUT2D eigenvalue weighted by molar-refractivity contribution is 0.468. The number of hydrogen-bond donors (Lipinski definition) is 1. The normalized spacial score (nSPS) is 14.4. The van der Waals surface area contributed by atoms with E-state index < -0.39 is 0 Å². The zero-order valence-corrected chi connectivity index (χ0v) is 7.04. The molecule has 1 aliphatic rings. The van der Waals surface area contributed by atoms with Crippen molar-refractivity contribution in [1.82, 2.24) is 4.98 Å². The minimum absolute atomic E-state index is 0.355. The van der Waals surface area contributed by atoms with E-state index in [1.807, 2.05) is 13.0 Å². The van der Waals surface area contributed by atoms with Crippen LogP contribution in [0.5, 0.6) is 5.75 Å². The van der Waals surface area contributed by atoms with E-state index >= 15 is 0 Å². The van der Waals surface area contributed by atoms with Gasteiger partial charge in [0.25, 0.3) is 0 Å². The number of aromatic nitrogens is 1. The summed E-state index contributed by atoms with van der Waals surface area (Å²) in [4.78, 5) is 4.33. The third-order valence-corrected chi connectivity index (χ3v) is 2.05. The Balaban J connectivity index is 2.87. The highest BCUT2D eigenvalue weighted by Gasteiger charge is 2.00. The van der Waals surface area contributed by atoms with Gasteiger partial charge >= 0.3 is 0 Å². The zero-order chi connectivity index (χ0) is 8.55. The van der Waals surface area contributed by atoms with Crippen molar-refractivity contribution in [2.75, 3.05) is 0 Å². The fraction of sp³-hybridized carbons (Fsp3) is 0.300. The number of rotatable bonds is 0. The van der Waals surface area contributed by atoms with Gasteiger partial charge in [0, 0.05) is 17.0 Å². The van der Waals surface area contributed by atoms with Crippen LogP contribution < -0.4 is 10.6 Å². The molecule has 1 aromatic heterocycles. The summed E-state index contributed by atoms with van der Waals surface area (Å²) in [6.45, 7) is 1.89. The molecule has 0 amide bonds. The van der Waals surface area contributed by atoms with Gasteiger partial charge in [-0.3, -0.25) is 4.98 Å². The van der Waals surface area contributed by atoms with Crippen LogP contribution in [0.3, 0.4) is 0 Å². The predicted molar refractivity (Wildman–Crippen MR) is 48.1 cm³/mol. The molecule has 1 aromatic rings. The second-order valence-corrected chi connectivity index (χ2v) is 3.07. The molecule has 1 aliphatic carbocycles. The van der Waals surface area contributed by atoms with Crippen molar-refractivity contribution < 1.29 is 5.11 Å². The number of nitrogens with zero attached hydrogens (tertiary/aromatic N) is 1. The molecule has 1 heterocycles. The van der Waals surface area contributed by atoms with Crippen LogP contribution >= 0.6 is 0 Å². The Hall–Kier alpha value is -1.31. The summed E-state index contributed by atoms with van der Waals surface area (Å²) in [6, 6.07) is 1.70. The number of pyridine rings is 1. The summed E-state index contributed by atoms with van der Waals surface area (Å²) in [5.41, 5.74) is 0.873. The van der Waals surface area contributed by atoms with Gasteiger partial charge in [0.2, 0.25) is 0 Å². The molecule has 2 nitrogen and oxygen atoms in total. The Labute approximate surface area is 70.9 Å². The van der Waals surface area contributed by atoms with Crippen LogP contribution in [0.15, 0.2) is 6.07 Å². The number of aromatic hydroxyl groups is 1. The molecule has 0 spiro atoms. The lowest BCUT2D eigenvalue weighted by Crippen LogP contribution is -2.30. The summed E-state index contributed by atoms with van der Waals surface area (Å²) >= 11 is 0. The highest BCUT2D eigenvalue weighted by molar-refractivity contribution is 5.41. The Morgan fingerprint density at radius 3 is 2.92 bits per heavy atom. The largest absolute Gasteiger partial charge is 0.507 e. The Morgan fingerprint density at radius 1 is 1.33 bits per heavy atom. The van der Waals surface area contributed by atoms with Crippen LogP contribution in [0.2, 0.25) is 0 Å². The monoisotopic (exact) mass is 161 g/mol. The summed E-state index contributed by atoms with van der Waals surface area (Å²) in [5, 5.41) is 11.4. The standard InChI is InChI=1S/C10H11NO/c1-7-6-10(12)8-4-2-3-5-9(8)11-7/h4-6,12H,2-3H2,1H3. The fourth-order valence-electron chi connectivity index (χ4n) is 1.50. The van der Waals surface area contributed by atoms with Gasteiger partial charge in [0.15, 0.2) is 0 Å². The minimum Gasteiger partial charge on any atom is -0.507 e. The lowest BCUT2D eigenvalue weighted by atomic mass is 10.1. The van der Waals surface area contributed by atoms with E-state index in [2.05, 4.69) is 11.1 Å². The van der Waals surface area contributed by atoms with Crippen LogP contribution in [-0.4, -0.2) is 10.1 Å². The van der Waals surface area contributed by atoms with Gasteiger partial charge in [-0.05, 0) is 19.8 Å². The minimum atomic E-state index is 0.355. The molecule has 0 aliphatic heterocycles. The molecular formula is C10H11NO. The van der Waals surface area contributed by atoms with Gasteiger partial charge in [0.05, 0.1) is 5.35 Å². The summed E-state index contributed by atoms with van der Waals surface area (Å²) in [7, 11) is 0. The first kappa shape index (κ1) is 7.35. The molecule has 0 aromatic carbocycles. The average molecular weight is 161 g/mol. The zero-order valence-electron chi connectivity index (χ0n) is 7.04. The quantitative estimate of drug-likeness (QED) is 0.599.